The van der Waals surface area contributed by atoms with Crippen LogP contribution in [0.2, 0.25) is 0 Å². The van der Waals surface area contributed by atoms with Gasteiger partial charge in [0.1, 0.15) is 24.0 Å². The van der Waals surface area contributed by atoms with Gasteiger partial charge in [0.15, 0.2) is 5.41 Å². The maximum Gasteiger partial charge on any atom is 0.337 e. The van der Waals surface area contributed by atoms with Gasteiger partial charge in [0.05, 0.1) is 5.57 Å². The molecule has 2 heterocycles. The number of carbonyl (C=O) groups excluding carboxylic acids is 2. The van der Waals surface area contributed by atoms with Gasteiger partial charge in [0.25, 0.3) is 0 Å². The Morgan fingerprint density at radius 3 is 2.85 bits per heavy atom. The number of carbonyl (C=O) groups is 2. The highest BCUT2D eigenvalue weighted by atomic mass is 16.5. The van der Waals surface area contributed by atoms with E-state index in [-0.39, 0.29) is 23.6 Å². The van der Waals surface area contributed by atoms with E-state index in [9.17, 15) is 14.9 Å². The topological polar surface area (TPSA) is 106 Å². The van der Waals surface area contributed by atoms with Crippen molar-refractivity contribution in [2.75, 3.05) is 13.7 Å². The summed E-state index contributed by atoms with van der Waals surface area (Å²) in [5.41, 5.74) is 4.96. The summed E-state index contributed by atoms with van der Waals surface area (Å²) in [5, 5.41) is 9.75. The van der Waals surface area contributed by atoms with Gasteiger partial charge in [-0.05, 0) is 13.0 Å². The predicted molar refractivity (Wildman–Crippen MR) is 92.2 cm³/mol. The number of ether oxygens (including phenoxy) is 2. The standard InChI is InChI=1S/C19H17N3O4/c1-4-9-25-17(23)15-11(2)22(3)18(24)19(15)12-7-5-6-8-14(12)26-16(21)13(19)10-20/h4-8H,1,9,21H2,2-3H3. The first kappa shape index (κ1) is 17.3. The Morgan fingerprint density at radius 1 is 1.50 bits per heavy atom. The summed E-state index contributed by atoms with van der Waals surface area (Å²) in [6.07, 6.45) is 1.42. The third kappa shape index (κ3) is 2.05. The van der Waals surface area contributed by atoms with E-state index in [2.05, 4.69) is 6.58 Å². The van der Waals surface area contributed by atoms with E-state index >= 15 is 0 Å². The van der Waals surface area contributed by atoms with Crippen LogP contribution in [0.15, 0.2) is 59.6 Å². The molecule has 26 heavy (non-hydrogen) atoms. The van der Waals surface area contributed by atoms with Crippen molar-refractivity contribution >= 4 is 11.9 Å². The van der Waals surface area contributed by atoms with Crippen molar-refractivity contribution in [2.24, 2.45) is 5.73 Å². The third-order valence-electron chi connectivity index (χ3n) is 4.65. The number of likely N-dealkylation sites (N-methyl/N-ethyl adjacent to an activating group) is 1. The van der Waals surface area contributed by atoms with Crippen molar-refractivity contribution in [1.29, 1.82) is 5.26 Å². The lowest BCUT2D eigenvalue weighted by Gasteiger charge is -2.34. The lowest BCUT2D eigenvalue weighted by Crippen LogP contribution is -2.46. The van der Waals surface area contributed by atoms with Crippen LogP contribution in [0.1, 0.15) is 12.5 Å². The number of nitrogens with two attached hydrogens (primary N) is 1. The summed E-state index contributed by atoms with van der Waals surface area (Å²) in [4.78, 5) is 27.5. The number of hydrogen-bond acceptors (Lipinski definition) is 6. The van der Waals surface area contributed by atoms with E-state index < -0.39 is 17.3 Å². The number of rotatable bonds is 3. The second kappa shape index (κ2) is 6.08. The van der Waals surface area contributed by atoms with Gasteiger partial charge in [-0.3, -0.25) is 4.79 Å². The Bertz CT molecular complexity index is 938. The number of hydrogen-bond donors (Lipinski definition) is 1. The Balaban J connectivity index is 2.38. The minimum absolute atomic E-state index is 0.0250. The fourth-order valence-electron chi connectivity index (χ4n) is 3.43. The Labute approximate surface area is 150 Å². The normalized spacial score (nSPS) is 21.4. The first-order valence-electron chi connectivity index (χ1n) is 7.86. The summed E-state index contributed by atoms with van der Waals surface area (Å²) in [7, 11) is 1.54. The third-order valence-corrected chi connectivity index (χ3v) is 4.65. The number of nitriles is 1. The average molecular weight is 351 g/mol. The molecule has 0 fully saturated rings. The summed E-state index contributed by atoms with van der Waals surface area (Å²) < 4.78 is 10.7. The lowest BCUT2D eigenvalue weighted by molar-refractivity contribution is -0.140. The zero-order valence-corrected chi connectivity index (χ0v) is 14.4. The maximum absolute atomic E-state index is 13.3. The van der Waals surface area contributed by atoms with Crippen molar-refractivity contribution in [1.82, 2.24) is 4.90 Å². The second-order valence-corrected chi connectivity index (χ2v) is 5.91. The van der Waals surface area contributed by atoms with E-state index in [0.717, 1.165) is 0 Å². The second-order valence-electron chi connectivity index (χ2n) is 5.91. The molecule has 2 N–H and O–H groups in total. The van der Waals surface area contributed by atoms with E-state index in [1.54, 1.807) is 31.2 Å². The van der Waals surface area contributed by atoms with Crippen molar-refractivity contribution in [3.8, 4) is 11.8 Å². The van der Waals surface area contributed by atoms with E-state index in [4.69, 9.17) is 15.2 Å². The van der Waals surface area contributed by atoms with Crippen molar-refractivity contribution in [2.45, 2.75) is 12.3 Å². The molecule has 1 amide bonds. The molecular weight excluding hydrogens is 334 g/mol. The molecule has 7 nitrogen and oxygen atoms in total. The van der Waals surface area contributed by atoms with Gasteiger partial charge in [0, 0.05) is 18.3 Å². The first-order chi connectivity index (χ1) is 12.4. The van der Waals surface area contributed by atoms with Gasteiger partial charge in [0.2, 0.25) is 11.8 Å². The zero-order chi connectivity index (χ0) is 19.1. The number of fused-ring (bicyclic) bond motifs is 2. The number of benzene rings is 1. The minimum Gasteiger partial charge on any atom is -0.458 e. The summed E-state index contributed by atoms with van der Waals surface area (Å²) in [5.74, 6) is -1.07. The molecule has 0 radical (unpaired) electrons. The van der Waals surface area contributed by atoms with Crippen LogP contribution < -0.4 is 10.5 Å². The fraction of sp³-hybridized carbons (Fsp3) is 0.211. The maximum atomic E-state index is 13.3. The molecule has 3 rings (SSSR count). The fourth-order valence-corrected chi connectivity index (χ4v) is 3.43. The van der Waals surface area contributed by atoms with Gasteiger partial charge in [-0.25, -0.2) is 4.79 Å². The number of esters is 1. The van der Waals surface area contributed by atoms with Crippen LogP contribution in [-0.2, 0) is 19.7 Å². The van der Waals surface area contributed by atoms with Crippen LogP contribution in [-0.4, -0.2) is 30.4 Å². The quantitative estimate of drug-likeness (QED) is 0.653. The number of nitrogens with zero attached hydrogens (tertiary/aromatic N) is 2. The summed E-state index contributed by atoms with van der Waals surface area (Å²) in [6.45, 7) is 5.12. The molecule has 1 spiro atoms. The number of para-hydroxylation sites is 1. The van der Waals surface area contributed by atoms with Gasteiger partial charge < -0.3 is 20.1 Å². The molecule has 2 aliphatic heterocycles. The highest BCUT2D eigenvalue weighted by Gasteiger charge is 2.61. The molecule has 7 heteroatoms. The Kier molecular flexibility index (Phi) is 4.04. The van der Waals surface area contributed by atoms with Crippen LogP contribution in [0.5, 0.6) is 5.75 Å². The lowest BCUT2D eigenvalue weighted by atomic mass is 9.68. The summed E-state index contributed by atoms with van der Waals surface area (Å²) in [6, 6.07) is 8.65. The van der Waals surface area contributed by atoms with Crippen LogP contribution in [0.25, 0.3) is 0 Å². The Morgan fingerprint density at radius 2 is 2.19 bits per heavy atom. The largest absolute Gasteiger partial charge is 0.458 e. The smallest absolute Gasteiger partial charge is 0.337 e. The van der Waals surface area contributed by atoms with E-state index in [1.807, 2.05) is 6.07 Å². The van der Waals surface area contributed by atoms with Crippen molar-refractivity contribution in [3.63, 3.8) is 0 Å². The number of allylic oxidation sites excluding steroid dienone is 1. The zero-order valence-electron chi connectivity index (χ0n) is 14.4. The highest BCUT2D eigenvalue weighted by molar-refractivity contribution is 6.12. The highest BCUT2D eigenvalue weighted by Crippen LogP contribution is 2.53. The van der Waals surface area contributed by atoms with Crippen LogP contribution in [0.3, 0.4) is 0 Å². The molecule has 0 aromatic heterocycles. The van der Waals surface area contributed by atoms with Crippen molar-refractivity contribution < 1.29 is 19.1 Å². The van der Waals surface area contributed by atoms with Gasteiger partial charge in [-0.15, -0.1) is 0 Å². The molecule has 1 atom stereocenters. The molecule has 1 aromatic rings. The molecule has 0 bridgehead atoms. The molecule has 132 valence electrons. The van der Waals surface area contributed by atoms with Gasteiger partial charge in [-0.1, -0.05) is 30.9 Å². The SMILES string of the molecule is C=CCOC(=O)C1=C(C)N(C)C(=O)C12C(C#N)=C(N)Oc1ccccc12. The molecule has 1 unspecified atom stereocenters. The predicted octanol–water partition coefficient (Wildman–Crippen LogP) is 1.49. The monoisotopic (exact) mass is 351 g/mol. The molecular formula is C19H17N3O4. The van der Waals surface area contributed by atoms with Crippen LogP contribution in [0, 0.1) is 11.3 Å². The first-order valence-corrected chi connectivity index (χ1v) is 7.86. The van der Waals surface area contributed by atoms with Gasteiger partial charge >= 0.3 is 5.97 Å². The Hall–Kier alpha value is -3.53. The number of amides is 1. The average Bonchev–Trinajstić information content (AvgIpc) is 2.82. The van der Waals surface area contributed by atoms with Crippen molar-refractivity contribution in [3.05, 3.63) is 65.2 Å². The molecule has 0 saturated carbocycles. The molecule has 0 saturated heterocycles. The minimum atomic E-state index is -1.69. The molecule has 0 aliphatic carbocycles. The summed E-state index contributed by atoms with van der Waals surface area (Å²) >= 11 is 0. The van der Waals surface area contributed by atoms with E-state index in [1.165, 1.54) is 18.0 Å². The van der Waals surface area contributed by atoms with Crippen LogP contribution >= 0.6 is 0 Å². The van der Waals surface area contributed by atoms with E-state index in [0.29, 0.717) is 17.0 Å². The van der Waals surface area contributed by atoms with Gasteiger partial charge in [-0.2, -0.15) is 5.26 Å². The molecule has 2 aliphatic rings. The molecule has 1 aromatic carbocycles. The van der Waals surface area contributed by atoms with Crippen LogP contribution in [0.4, 0.5) is 0 Å².